The maximum absolute atomic E-state index is 6.23. The van der Waals surface area contributed by atoms with Crippen LogP contribution in [0.2, 0.25) is 0 Å². The molecular weight excluding hydrogens is 248 g/mol. The van der Waals surface area contributed by atoms with E-state index in [-0.39, 0.29) is 5.54 Å². The summed E-state index contributed by atoms with van der Waals surface area (Å²) in [5, 5.41) is 0. The van der Waals surface area contributed by atoms with Gasteiger partial charge in [-0.25, -0.2) is 0 Å². The Balaban J connectivity index is 2.14. The van der Waals surface area contributed by atoms with E-state index in [0.29, 0.717) is 0 Å². The molecule has 0 saturated heterocycles. The summed E-state index contributed by atoms with van der Waals surface area (Å²) in [7, 11) is 0. The van der Waals surface area contributed by atoms with Crippen molar-refractivity contribution in [3.8, 4) is 0 Å². The molecule has 1 aliphatic rings. The van der Waals surface area contributed by atoms with Crippen LogP contribution in [0.4, 0.5) is 0 Å². The van der Waals surface area contributed by atoms with Gasteiger partial charge < -0.3 is 10.2 Å². The molecule has 0 aliphatic heterocycles. The molecule has 1 saturated carbocycles. The van der Waals surface area contributed by atoms with E-state index in [0.717, 1.165) is 37.2 Å². The molecule has 1 aliphatic carbocycles. The van der Waals surface area contributed by atoms with Crippen molar-refractivity contribution < 1.29 is 4.42 Å². The Kier molecular flexibility index (Phi) is 5.28. The van der Waals surface area contributed by atoms with Crippen LogP contribution in [0.25, 0.3) is 0 Å². The van der Waals surface area contributed by atoms with E-state index in [2.05, 4.69) is 31.7 Å². The highest BCUT2D eigenvalue weighted by Crippen LogP contribution is 2.40. The fraction of sp³-hybridized carbons (Fsp3) is 0.765. The number of rotatable bonds is 6. The molecule has 1 fully saturated rings. The van der Waals surface area contributed by atoms with Crippen LogP contribution in [0, 0.1) is 11.8 Å². The number of nitrogens with two attached hydrogens (primary N) is 1. The van der Waals surface area contributed by atoms with Crippen molar-refractivity contribution in [3.63, 3.8) is 0 Å². The van der Waals surface area contributed by atoms with Crippen molar-refractivity contribution in [3.05, 3.63) is 24.2 Å². The number of likely N-dealkylation sites (N-methyl/N-ethyl adjacent to an activating group) is 1. The summed E-state index contributed by atoms with van der Waals surface area (Å²) in [6, 6.07) is 4.03. The largest absolute Gasteiger partial charge is 0.468 e. The van der Waals surface area contributed by atoms with Gasteiger partial charge in [0.1, 0.15) is 5.76 Å². The minimum atomic E-state index is 0.161. The Labute approximate surface area is 123 Å². The Bertz CT molecular complexity index is 388. The van der Waals surface area contributed by atoms with E-state index in [1.165, 1.54) is 25.7 Å². The lowest BCUT2D eigenvalue weighted by atomic mass is 9.71. The van der Waals surface area contributed by atoms with E-state index in [1.807, 2.05) is 6.07 Å². The molecule has 1 aromatic rings. The summed E-state index contributed by atoms with van der Waals surface area (Å²) in [5.41, 5.74) is 6.40. The van der Waals surface area contributed by atoms with Gasteiger partial charge in [0.2, 0.25) is 0 Å². The molecular formula is C17H30N2O. The van der Waals surface area contributed by atoms with Crippen LogP contribution in [0.3, 0.4) is 0 Å². The molecule has 2 rings (SSSR count). The van der Waals surface area contributed by atoms with Gasteiger partial charge in [0.25, 0.3) is 0 Å². The third-order valence-electron chi connectivity index (χ3n) is 5.16. The molecule has 0 spiro atoms. The zero-order chi connectivity index (χ0) is 14.6. The number of furan rings is 1. The average molecular weight is 278 g/mol. The van der Waals surface area contributed by atoms with Crippen molar-refractivity contribution in [2.24, 2.45) is 17.6 Å². The normalized spacial score (nSPS) is 27.4. The van der Waals surface area contributed by atoms with Gasteiger partial charge in [-0.3, -0.25) is 4.90 Å². The van der Waals surface area contributed by atoms with Crippen LogP contribution in [-0.4, -0.2) is 23.5 Å². The molecule has 3 nitrogen and oxygen atoms in total. The number of hydrogen-bond donors (Lipinski definition) is 1. The van der Waals surface area contributed by atoms with Gasteiger partial charge in [-0.05, 0) is 43.4 Å². The molecule has 0 amide bonds. The summed E-state index contributed by atoms with van der Waals surface area (Å²) in [6.07, 6.45) is 6.87. The highest BCUT2D eigenvalue weighted by atomic mass is 16.3. The Morgan fingerprint density at radius 1 is 1.50 bits per heavy atom. The molecule has 114 valence electrons. The van der Waals surface area contributed by atoms with E-state index in [9.17, 15) is 0 Å². The zero-order valence-corrected chi connectivity index (χ0v) is 13.3. The predicted molar refractivity (Wildman–Crippen MR) is 83.4 cm³/mol. The molecule has 3 heteroatoms. The van der Waals surface area contributed by atoms with Crippen LogP contribution in [-0.2, 0) is 6.54 Å². The molecule has 0 radical (unpaired) electrons. The van der Waals surface area contributed by atoms with Crippen LogP contribution in [0.5, 0.6) is 0 Å². The average Bonchev–Trinajstić information content (AvgIpc) is 2.97. The summed E-state index contributed by atoms with van der Waals surface area (Å²) < 4.78 is 5.54. The molecule has 20 heavy (non-hydrogen) atoms. The second kappa shape index (κ2) is 6.77. The Morgan fingerprint density at radius 3 is 2.85 bits per heavy atom. The van der Waals surface area contributed by atoms with Crippen molar-refractivity contribution in [1.29, 1.82) is 0 Å². The zero-order valence-electron chi connectivity index (χ0n) is 13.3. The third kappa shape index (κ3) is 3.26. The highest BCUT2D eigenvalue weighted by Gasteiger charge is 2.40. The minimum absolute atomic E-state index is 0.161. The van der Waals surface area contributed by atoms with Crippen molar-refractivity contribution in [1.82, 2.24) is 4.90 Å². The van der Waals surface area contributed by atoms with Crippen molar-refractivity contribution in [2.75, 3.05) is 13.1 Å². The van der Waals surface area contributed by atoms with Gasteiger partial charge in [0.15, 0.2) is 0 Å². The second-order valence-electron chi connectivity index (χ2n) is 6.62. The summed E-state index contributed by atoms with van der Waals surface area (Å²) in [4.78, 5) is 2.54. The van der Waals surface area contributed by atoms with Crippen LogP contribution in [0.1, 0.15) is 52.2 Å². The highest BCUT2D eigenvalue weighted by molar-refractivity contribution is 5.03. The summed E-state index contributed by atoms with van der Waals surface area (Å²) in [6.45, 7) is 9.60. The van der Waals surface area contributed by atoms with Crippen LogP contribution >= 0.6 is 0 Å². The molecule has 2 unspecified atom stereocenters. The standard InChI is InChI=1S/C17H30N2O/c1-4-19(12-16-8-6-10-20-16)17(13-18)9-5-7-15(11-17)14(2)3/h6,8,10,14-15H,4-5,7,9,11-13,18H2,1-3H3. The lowest BCUT2D eigenvalue weighted by Gasteiger charge is -2.48. The first-order chi connectivity index (χ1) is 9.61. The molecule has 1 aromatic heterocycles. The smallest absolute Gasteiger partial charge is 0.117 e. The number of nitrogens with zero attached hydrogens (tertiary/aromatic N) is 1. The summed E-state index contributed by atoms with van der Waals surface area (Å²) >= 11 is 0. The van der Waals surface area contributed by atoms with Crippen molar-refractivity contribution in [2.45, 2.75) is 58.5 Å². The Morgan fingerprint density at radius 2 is 2.30 bits per heavy atom. The van der Waals surface area contributed by atoms with E-state index >= 15 is 0 Å². The first-order valence-electron chi connectivity index (χ1n) is 8.09. The third-order valence-corrected chi connectivity index (χ3v) is 5.16. The van der Waals surface area contributed by atoms with Crippen molar-refractivity contribution >= 4 is 0 Å². The Hall–Kier alpha value is -0.800. The van der Waals surface area contributed by atoms with Gasteiger partial charge in [-0.1, -0.05) is 33.6 Å². The number of hydrogen-bond acceptors (Lipinski definition) is 3. The lowest BCUT2D eigenvalue weighted by Crippen LogP contribution is -2.56. The van der Waals surface area contributed by atoms with Gasteiger partial charge in [-0.15, -0.1) is 0 Å². The topological polar surface area (TPSA) is 42.4 Å². The van der Waals surface area contributed by atoms with Gasteiger partial charge in [-0.2, -0.15) is 0 Å². The molecule has 2 atom stereocenters. The lowest BCUT2D eigenvalue weighted by molar-refractivity contribution is 0.0188. The summed E-state index contributed by atoms with van der Waals surface area (Å²) in [5.74, 6) is 2.60. The first kappa shape index (κ1) is 15.6. The predicted octanol–water partition coefficient (Wildman–Crippen LogP) is 3.65. The fourth-order valence-electron chi connectivity index (χ4n) is 3.76. The quantitative estimate of drug-likeness (QED) is 0.863. The van der Waals surface area contributed by atoms with Crippen LogP contribution in [0.15, 0.2) is 22.8 Å². The molecule has 1 heterocycles. The SMILES string of the molecule is CCN(Cc1ccco1)C1(CN)CCCC(C(C)C)C1. The minimum Gasteiger partial charge on any atom is -0.468 e. The van der Waals surface area contributed by atoms with E-state index in [1.54, 1.807) is 6.26 Å². The van der Waals surface area contributed by atoms with E-state index in [4.69, 9.17) is 10.2 Å². The van der Waals surface area contributed by atoms with Gasteiger partial charge in [0, 0.05) is 12.1 Å². The fourth-order valence-corrected chi connectivity index (χ4v) is 3.76. The van der Waals surface area contributed by atoms with Gasteiger partial charge >= 0.3 is 0 Å². The maximum Gasteiger partial charge on any atom is 0.117 e. The molecule has 0 bridgehead atoms. The molecule has 0 aromatic carbocycles. The second-order valence-corrected chi connectivity index (χ2v) is 6.62. The first-order valence-corrected chi connectivity index (χ1v) is 8.09. The monoisotopic (exact) mass is 278 g/mol. The van der Waals surface area contributed by atoms with Crippen LogP contribution < -0.4 is 5.73 Å². The maximum atomic E-state index is 6.23. The van der Waals surface area contributed by atoms with Gasteiger partial charge in [0.05, 0.1) is 12.8 Å². The molecule has 2 N–H and O–H groups in total. The van der Waals surface area contributed by atoms with E-state index < -0.39 is 0 Å².